The van der Waals surface area contributed by atoms with Gasteiger partial charge < -0.3 is 15.0 Å². The zero-order valence-corrected chi connectivity index (χ0v) is 17.0. The van der Waals surface area contributed by atoms with E-state index in [4.69, 9.17) is 4.74 Å². The Morgan fingerprint density at radius 2 is 2.03 bits per heavy atom. The normalized spacial score (nSPS) is 26.9. The average Bonchev–Trinajstić information content (AvgIpc) is 3.15. The zero-order chi connectivity index (χ0) is 20.9. The number of halogens is 1. The molecule has 3 fully saturated rings. The zero-order valence-electron chi connectivity index (χ0n) is 16.2. The minimum atomic E-state index is -3.25. The first-order valence-electron chi connectivity index (χ1n) is 9.37. The van der Waals surface area contributed by atoms with E-state index in [0.717, 1.165) is 0 Å². The van der Waals surface area contributed by atoms with Crippen molar-refractivity contribution < 1.29 is 27.1 Å². The molecular formula is C18H23FN4O5S. The van der Waals surface area contributed by atoms with Crippen molar-refractivity contribution in [3.8, 4) is 0 Å². The van der Waals surface area contributed by atoms with Gasteiger partial charge in [-0.05, 0) is 18.2 Å². The number of sulfonamides is 1. The van der Waals surface area contributed by atoms with Crippen LogP contribution in [-0.4, -0.2) is 75.8 Å². The molecule has 11 heteroatoms. The van der Waals surface area contributed by atoms with Gasteiger partial charge in [0.05, 0.1) is 30.7 Å². The van der Waals surface area contributed by atoms with Gasteiger partial charge in [0.15, 0.2) is 0 Å². The summed E-state index contributed by atoms with van der Waals surface area (Å²) in [5.41, 5.74) is 0.774. The lowest BCUT2D eigenvalue weighted by atomic mass is 9.91. The van der Waals surface area contributed by atoms with E-state index in [1.807, 2.05) is 4.90 Å². The molecule has 3 aliphatic heterocycles. The molecule has 4 rings (SSSR count). The molecule has 0 bridgehead atoms. The Labute approximate surface area is 168 Å². The van der Waals surface area contributed by atoms with E-state index in [-0.39, 0.29) is 31.0 Å². The van der Waals surface area contributed by atoms with Crippen LogP contribution in [0.3, 0.4) is 0 Å². The highest BCUT2D eigenvalue weighted by Crippen LogP contribution is 2.39. The lowest BCUT2D eigenvalue weighted by Gasteiger charge is -2.45. The van der Waals surface area contributed by atoms with Crippen LogP contribution in [0.2, 0.25) is 0 Å². The van der Waals surface area contributed by atoms with Crippen molar-refractivity contribution >= 4 is 33.4 Å². The standard InChI is InChI=1S/C18H23FN4O5S/c1-11(24)20-6-14-9-22(18(25)28-14)13-3-4-16(15(19)5-13)23-8-12-7-21(10-17(12)23)29(2,26)27/h3-5,12,14,17H,6-10H2,1-2H3,(H,20,24)/t12-,14+,17-/m1/s1. The quantitative estimate of drug-likeness (QED) is 0.730. The maximum atomic E-state index is 14.8. The van der Waals surface area contributed by atoms with Gasteiger partial charge in [0.1, 0.15) is 11.9 Å². The van der Waals surface area contributed by atoms with Crippen molar-refractivity contribution in [1.29, 1.82) is 0 Å². The number of nitrogens with zero attached hydrogens (tertiary/aromatic N) is 3. The van der Waals surface area contributed by atoms with Crippen LogP contribution in [-0.2, 0) is 19.6 Å². The average molecular weight is 426 g/mol. The molecule has 2 amide bonds. The van der Waals surface area contributed by atoms with E-state index < -0.39 is 28.0 Å². The number of fused-ring (bicyclic) bond motifs is 1. The SMILES string of the molecule is CC(=O)NC[C@H]1CN(c2ccc(N3C[C@H]4CN(S(C)(=O)=O)C[C@H]43)c(F)c2)C(=O)O1. The van der Waals surface area contributed by atoms with Crippen molar-refractivity contribution in [1.82, 2.24) is 9.62 Å². The van der Waals surface area contributed by atoms with Gasteiger partial charge in [0.25, 0.3) is 0 Å². The van der Waals surface area contributed by atoms with Crippen molar-refractivity contribution in [2.24, 2.45) is 5.92 Å². The molecule has 3 atom stereocenters. The minimum Gasteiger partial charge on any atom is -0.442 e. The molecule has 1 aromatic rings. The molecule has 3 heterocycles. The number of carbonyl (C=O) groups excluding carboxylic acids is 2. The van der Waals surface area contributed by atoms with Gasteiger partial charge in [-0.15, -0.1) is 0 Å². The van der Waals surface area contributed by atoms with E-state index in [0.29, 0.717) is 31.0 Å². The van der Waals surface area contributed by atoms with Crippen LogP contribution in [0.5, 0.6) is 0 Å². The first-order valence-corrected chi connectivity index (χ1v) is 11.2. The largest absolute Gasteiger partial charge is 0.442 e. The summed E-state index contributed by atoms with van der Waals surface area (Å²) < 4.78 is 45.0. The number of nitrogens with one attached hydrogen (secondary N) is 1. The third kappa shape index (κ3) is 3.76. The number of carbonyl (C=O) groups is 2. The number of amides is 2. The molecule has 0 aliphatic carbocycles. The Kier molecular flexibility index (Phi) is 4.89. The van der Waals surface area contributed by atoms with E-state index in [1.165, 1.54) is 28.5 Å². The van der Waals surface area contributed by atoms with Gasteiger partial charge in [0.2, 0.25) is 15.9 Å². The first kappa shape index (κ1) is 19.9. The smallest absolute Gasteiger partial charge is 0.414 e. The molecule has 9 nitrogen and oxygen atoms in total. The number of ether oxygens (including phenoxy) is 1. The Hall–Kier alpha value is -2.40. The molecule has 0 aromatic heterocycles. The maximum absolute atomic E-state index is 14.8. The number of rotatable bonds is 5. The summed E-state index contributed by atoms with van der Waals surface area (Å²) in [7, 11) is -3.25. The van der Waals surface area contributed by atoms with E-state index in [1.54, 1.807) is 12.1 Å². The van der Waals surface area contributed by atoms with Crippen molar-refractivity contribution in [2.75, 3.05) is 48.8 Å². The highest BCUT2D eigenvalue weighted by Gasteiger charge is 2.48. The fourth-order valence-corrected chi connectivity index (χ4v) is 5.02. The topological polar surface area (TPSA) is 99.3 Å². The summed E-state index contributed by atoms with van der Waals surface area (Å²) in [6, 6.07) is 4.51. The number of anilines is 2. The van der Waals surface area contributed by atoms with Crippen molar-refractivity contribution in [3.63, 3.8) is 0 Å². The Balaban J connectivity index is 1.44. The number of hydrogen-bond donors (Lipinski definition) is 1. The summed E-state index contributed by atoms with van der Waals surface area (Å²) in [6.45, 7) is 3.21. The van der Waals surface area contributed by atoms with E-state index >= 15 is 0 Å². The molecule has 158 valence electrons. The molecule has 3 saturated heterocycles. The van der Waals surface area contributed by atoms with Crippen LogP contribution in [0.25, 0.3) is 0 Å². The lowest BCUT2D eigenvalue weighted by molar-refractivity contribution is -0.119. The van der Waals surface area contributed by atoms with Crippen LogP contribution in [0.4, 0.5) is 20.6 Å². The second-order valence-electron chi connectivity index (χ2n) is 7.75. The minimum absolute atomic E-state index is 0.0381. The molecule has 0 spiro atoms. The third-order valence-electron chi connectivity index (χ3n) is 5.68. The molecule has 1 N–H and O–H groups in total. The summed E-state index contributed by atoms with van der Waals surface area (Å²) in [5.74, 6) is -0.493. The maximum Gasteiger partial charge on any atom is 0.414 e. The predicted molar refractivity (Wildman–Crippen MR) is 104 cm³/mol. The van der Waals surface area contributed by atoms with Gasteiger partial charge in [-0.1, -0.05) is 0 Å². The van der Waals surface area contributed by atoms with E-state index in [2.05, 4.69) is 5.32 Å². The van der Waals surface area contributed by atoms with Crippen LogP contribution in [0.15, 0.2) is 18.2 Å². The third-order valence-corrected chi connectivity index (χ3v) is 6.91. The Bertz CT molecular complexity index is 956. The molecular weight excluding hydrogens is 403 g/mol. The van der Waals surface area contributed by atoms with Crippen LogP contribution in [0, 0.1) is 11.7 Å². The monoisotopic (exact) mass is 426 g/mol. The molecule has 29 heavy (non-hydrogen) atoms. The Morgan fingerprint density at radius 3 is 2.69 bits per heavy atom. The predicted octanol–water partition coefficient (Wildman–Crippen LogP) is 0.367. The lowest BCUT2D eigenvalue weighted by Crippen LogP contribution is -2.56. The van der Waals surface area contributed by atoms with Gasteiger partial charge in [0, 0.05) is 38.5 Å². The second kappa shape index (κ2) is 7.13. The molecule has 1 aromatic carbocycles. The van der Waals surface area contributed by atoms with Crippen molar-refractivity contribution in [3.05, 3.63) is 24.0 Å². The van der Waals surface area contributed by atoms with Gasteiger partial charge in [-0.3, -0.25) is 9.69 Å². The molecule has 0 unspecified atom stereocenters. The summed E-state index contributed by atoms with van der Waals surface area (Å²) in [6.07, 6.45) is 0.105. The van der Waals surface area contributed by atoms with Gasteiger partial charge in [-0.2, -0.15) is 4.31 Å². The van der Waals surface area contributed by atoms with Crippen LogP contribution < -0.4 is 15.1 Å². The summed E-state index contributed by atoms with van der Waals surface area (Å²) in [4.78, 5) is 26.3. The summed E-state index contributed by atoms with van der Waals surface area (Å²) in [5, 5.41) is 2.60. The first-order chi connectivity index (χ1) is 13.6. The fourth-order valence-electron chi connectivity index (χ4n) is 4.14. The summed E-state index contributed by atoms with van der Waals surface area (Å²) >= 11 is 0. The molecule has 3 aliphatic rings. The highest BCUT2D eigenvalue weighted by molar-refractivity contribution is 7.88. The molecule has 0 radical (unpaired) electrons. The van der Waals surface area contributed by atoms with E-state index in [9.17, 15) is 22.4 Å². The number of benzene rings is 1. The molecule has 0 saturated carbocycles. The fraction of sp³-hybridized carbons (Fsp3) is 0.556. The van der Waals surface area contributed by atoms with Crippen molar-refractivity contribution in [2.45, 2.75) is 19.1 Å². The second-order valence-corrected chi connectivity index (χ2v) is 9.73. The Morgan fingerprint density at radius 1 is 1.28 bits per heavy atom. The van der Waals surface area contributed by atoms with Crippen LogP contribution >= 0.6 is 0 Å². The van der Waals surface area contributed by atoms with Crippen LogP contribution in [0.1, 0.15) is 6.92 Å². The number of hydrogen-bond acceptors (Lipinski definition) is 6. The number of cyclic esters (lactones) is 1. The van der Waals surface area contributed by atoms with Gasteiger partial charge >= 0.3 is 6.09 Å². The highest BCUT2D eigenvalue weighted by atomic mass is 32.2. The van der Waals surface area contributed by atoms with Gasteiger partial charge in [-0.25, -0.2) is 17.6 Å².